The molecule has 0 aliphatic rings. The van der Waals surface area contributed by atoms with E-state index in [2.05, 4.69) is 15.6 Å². The zero-order valence-corrected chi connectivity index (χ0v) is 20.4. The van der Waals surface area contributed by atoms with Gasteiger partial charge in [-0.15, -0.1) is 0 Å². The second-order valence-corrected chi connectivity index (χ2v) is 8.61. The molecule has 4 aromatic rings. The van der Waals surface area contributed by atoms with Gasteiger partial charge in [0.2, 0.25) is 11.8 Å². The number of aromatic nitrogens is 2. The number of carbonyl (C=O) groups is 3. The van der Waals surface area contributed by atoms with E-state index in [4.69, 9.17) is 0 Å². The standard InChI is InChI=1S/C29H26N4O5/c34-25(17-21-12-6-2-7-13-21)32-24-18-30-27(22-14-8-3-9-15-22)33(28(24)36)19-26(35)31-23(29(37)38)16-20-10-4-1-5-11-20/h1-15,18,23H,16-17,19H2,(H,31,35)(H,32,34)(H,37,38). The van der Waals surface area contributed by atoms with Crippen molar-refractivity contribution < 1.29 is 19.5 Å². The van der Waals surface area contributed by atoms with Crippen molar-refractivity contribution in [1.82, 2.24) is 14.9 Å². The van der Waals surface area contributed by atoms with Crippen LogP contribution in [-0.2, 0) is 33.8 Å². The van der Waals surface area contributed by atoms with Crippen molar-refractivity contribution in [2.75, 3.05) is 5.32 Å². The Bertz CT molecular complexity index is 1470. The lowest BCUT2D eigenvalue weighted by Gasteiger charge is -2.17. The monoisotopic (exact) mass is 510 g/mol. The Balaban J connectivity index is 1.58. The van der Waals surface area contributed by atoms with Gasteiger partial charge in [0.15, 0.2) is 0 Å². The maximum atomic E-state index is 13.4. The van der Waals surface area contributed by atoms with Gasteiger partial charge in [-0.3, -0.25) is 19.0 Å². The molecule has 1 heterocycles. The van der Waals surface area contributed by atoms with Crippen molar-refractivity contribution in [2.45, 2.75) is 25.4 Å². The topological polar surface area (TPSA) is 130 Å². The van der Waals surface area contributed by atoms with E-state index in [1.165, 1.54) is 6.20 Å². The summed E-state index contributed by atoms with van der Waals surface area (Å²) in [5.74, 6) is -2.07. The second kappa shape index (κ2) is 12.3. The summed E-state index contributed by atoms with van der Waals surface area (Å²) in [6, 6.07) is 25.6. The molecule has 0 saturated carbocycles. The van der Waals surface area contributed by atoms with Crippen molar-refractivity contribution in [2.24, 2.45) is 0 Å². The van der Waals surface area contributed by atoms with Gasteiger partial charge in [-0.05, 0) is 11.1 Å². The highest BCUT2D eigenvalue weighted by Crippen LogP contribution is 2.16. The minimum atomic E-state index is -1.20. The lowest BCUT2D eigenvalue weighted by atomic mass is 10.1. The van der Waals surface area contributed by atoms with E-state index in [1.807, 2.05) is 24.3 Å². The summed E-state index contributed by atoms with van der Waals surface area (Å²) in [6.07, 6.45) is 1.40. The highest BCUT2D eigenvalue weighted by molar-refractivity contribution is 5.92. The number of anilines is 1. The number of nitrogens with zero attached hydrogens (tertiary/aromatic N) is 2. The van der Waals surface area contributed by atoms with Gasteiger partial charge in [0.1, 0.15) is 24.1 Å². The summed E-state index contributed by atoms with van der Waals surface area (Å²) in [5, 5.41) is 14.7. The van der Waals surface area contributed by atoms with E-state index in [0.29, 0.717) is 5.56 Å². The molecule has 0 aliphatic heterocycles. The molecule has 1 atom stereocenters. The van der Waals surface area contributed by atoms with Gasteiger partial charge in [0.25, 0.3) is 5.56 Å². The lowest BCUT2D eigenvalue weighted by molar-refractivity contribution is -0.141. The van der Waals surface area contributed by atoms with Gasteiger partial charge in [-0.2, -0.15) is 0 Å². The van der Waals surface area contributed by atoms with Crippen LogP contribution >= 0.6 is 0 Å². The number of benzene rings is 3. The number of carboxylic acid groups (broad SMARTS) is 1. The van der Waals surface area contributed by atoms with Crippen molar-refractivity contribution in [1.29, 1.82) is 0 Å². The minimum Gasteiger partial charge on any atom is -0.480 e. The highest BCUT2D eigenvalue weighted by Gasteiger charge is 2.22. The van der Waals surface area contributed by atoms with Gasteiger partial charge in [-0.1, -0.05) is 91.0 Å². The number of rotatable bonds is 10. The van der Waals surface area contributed by atoms with Gasteiger partial charge in [0, 0.05) is 12.0 Å². The molecule has 0 radical (unpaired) electrons. The van der Waals surface area contributed by atoms with Gasteiger partial charge in [0.05, 0.1) is 12.6 Å². The first-order valence-electron chi connectivity index (χ1n) is 12.0. The molecular weight excluding hydrogens is 484 g/mol. The first-order chi connectivity index (χ1) is 18.4. The molecule has 1 aromatic heterocycles. The molecule has 9 heteroatoms. The smallest absolute Gasteiger partial charge is 0.326 e. The first kappa shape index (κ1) is 26.0. The number of carboxylic acids is 1. The quantitative estimate of drug-likeness (QED) is 0.301. The summed E-state index contributed by atoms with van der Waals surface area (Å²) in [4.78, 5) is 55.2. The largest absolute Gasteiger partial charge is 0.480 e. The van der Waals surface area contributed by atoms with Gasteiger partial charge in [-0.25, -0.2) is 9.78 Å². The van der Waals surface area contributed by atoms with Gasteiger partial charge >= 0.3 is 5.97 Å². The summed E-state index contributed by atoms with van der Waals surface area (Å²) in [7, 11) is 0. The molecule has 192 valence electrons. The Hall–Kier alpha value is -5.05. The molecule has 3 aromatic carbocycles. The molecule has 0 bridgehead atoms. The van der Waals surface area contributed by atoms with Crippen LogP contribution in [0, 0.1) is 0 Å². The van der Waals surface area contributed by atoms with E-state index in [-0.39, 0.29) is 24.4 Å². The van der Waals surface area contributed by atoms with E-state index >= 15 is 0 Å². The Morgan fingerprint density at radius 1 is 0.816 bits per heavy atom. The zero-order chi connectivity index (χ0) is 26.9. The average Bonchev–Trinajstić information content (AvgIpc) is 2.92. The molecule has 0 aliphatic carbocycles. The molecule has 3 N–H and O–H groups in total. The summed E-state index contributed by atoms with van der Waals surface area (Å²) < 4.78 is 1.13. The zero-order valence-electron chi connectivity index (χ0n) is 20.4. The molecule has 0 spiro atoms. The van der Waals surface area contributed by atoms with Crippen LogP contribution in [0.4, 0.5) is 5.69 Å². The van der Waals surface area contributed by atoms with Crippen molar-refractivity contribution in [3.8, 4) is 11.4 Å². The van der Waals surface area contributed by atoms with Crippen LogP contribution in [0.25, 0.3) is 11.4 Å². The number of amides is 2. The second-order valence-electron chi connectivity index (χ2n) is 8.61. The number of nitrogens with one attached hydrogen (secondary N) is 2. The number of carbonyl (C=O) groups excluding carboxylic acids is 2. The van der Waals surface area contributed by atoms with Crippen LogP contribution in [0.5, 0.6) is 0 Å². The third-order valence-electron chi connectivity index (χ3n) is 5.78. The molecule has 0 saturated heterocycles. The first-order valence-corrected chi connectivity index (χ1v) is 12.0. The summed E-state index contributed by atoms with van der Waals surface area (Å²) in [5.41, 5.74) is 1.38. The molecule has 9 nitrogen and oxygen atoms in total. The molecule has 0 fully saturated rings. The molecule has 38 heavy (non-hydrogen) atoms. The van der Waals surface area contributed by atoms with Crippen molar-refractivity contribution in [3.63, 3.8) is 0 Å². The van der Waals surface area contributed by atoms with Crippen LogP contribution in [0.3, 0.4) is 0 Å². The third kappa shape index (κ3) is 6.79. The average molecular weight is 511 g/mol. The fourth-order valence-electron chi connectivity index (χ4n) is 3.95. The van der Waals surface area contributed by atoms with Crippen LogP contribution < -0.4 is 16.2 Å². The third-order valence-corrected chi connectivity index (χ3v) is 5.78. The lowest BCUT2D eigenvalue weighted by Crippen LogP contribution is -2.45. The highest BCUT2D eigenvalue weighted by atomic mass is 16.4. The predicted molar refractivity (Wildman–Crippen MR) is 142 cm³/mol. The number of hydrogen-bond acceptors (Lipinski definition) is 5. The molecule has 4 rings (SSSR count). The van der Waals surface area contributed by atoms with Crippen LogP contribution in [0.15, 0.2) is 102 Å². The van der Waals surface area contributed by atoms with Crippen LogP contribution in [0.1, 0.15) is 11.1 Å². The Kier molecular flexibility index (Phi) is 8.40. The summed E-state index contributed by atoms with van der Waals surface area (Å²) in [6.45, 7) is -0.489. The van der Waals surface area contributed by atoms with Crippen molar-refractivity contribution >= 4 is 23.5 Å². The Morgan fingerprint density at radius 2 is 1.39 bits per heavy atom. The Labute approximate surface area is 218 Å². The normalized spacial score (nSPS) is 11.4. The molecule has 2 amide bonds. The fourth-order valence-corrected chi connectivity index (χ4v) is 3.95. The maximum Gasteiger partial charge on any atom is 0.326 e. The number of hydrogen-bond donors (Lipinski definition) is 3. The van der Waals surface area contributed by atoms with Crippen LogP contribution in [-0.4, -0.2) is 38.5 Å². The maximum absolute atomic E-state index is 13.4. The van der Waals surface area contributed by atoms with E-state index in [0.717, 1.165) is 15.7 Å². The molecular formula is C29H26N4O5. The predicted octanol–water partition coefficient (Wildman–Crippen LogP) is 2.90. The van der Waals surface area contributed by atoms with Gasteiger partial charge < -0.3 is 15.7 Å². The van der Waals surface area contributed by atoms with E-state index < -0.39 is 35.9 Å². The molecule has 1 unspecified atom stereocenters. The van der Waals surface area contributed by atoms with Crippen LogP contribution in [0.2, 0.25) is 0 Å². The van der Waals surface area contributed by atoms with Crippen molar-refractivity contribution in [3.05, 3.63) is 119 Å². The van der Waals surface area contributed by atoms with E-state index in [9.17, 15) is 24.3 Å². The summed E-state index contributed by atoms with van der Waals surface area (Å²) >= 11 is 0. The number of aliphatic carboxylic acids is 1. The Morgan fingerprint density at radius 3 is 2.00 bits per heavy atom. The fraction of sp³-hybridized carbons (Fsp3) is 0.138. The SMILES string of the molecule is O=C(Cc1ccccc1)Nc1cnc(-c2ccccc2)n(CC(=O)NC(Cc2ccccc2)C(=O)O)c1=O. The minimum absolute atomic E-state index is 0.0565. The van der Waals surface area contributed by atoms with E-state index in [1.54, 1.807) is 66.7 Å².